The molecule has 1 atom stereocenters. The lowest BCUT2D eigenvalue weighted by Crippen LogP contribution is -2.52. The standard InChI is InChI=1S/C34H42N10O4/c1-20-27(19-37-32(36)39-20)23-9-5-21(6-10-23)17-28(29(35)45)44(26-15-13-24(14-16-26)30-40-42-43-41-30)31(46)25-11-7-22(8-12-25)18-38-33(47)48-34(2,3)4/h5-6,9-10,13-16,19,22,25,28H,7-8,11-12,17-18H2,1-4H3,(H2,35,45)(H,38,47)(H2,36,37,39)(H,40,41,42,43)/t22-,25-,28-/m0/s1. The molecule has 0 bridgehead atoms. The summed E-state index contributed by atoms with van der Waals surface area (Å²) in [5.41, 5.74) is 15.8. The average molecular weight is 655 g/mol. The van der Waals surface area contributed by atoms with Gasteiger partial charge >= 0.3 is 6.09 Å². The van der Waals surface area contributed by atoms with Gasteiger partial charge in [-0.1, -0.05) is 24.3 Å². The lowest BCUT2D eigenvalue weighted by molar-refractivity contribution is -0.127. The third-order valence-electron chi connectivity index (χ3n) is 8.46. The third-order valence-corrected chi connectivity index (χ3v) is 8.46. The van der Waals surface area contributed by atoms with Crippen LogP contribution in [0.25, 0.3) is 22.5 Å². The molecule has 48 heavy (non-hydrogen) atoms. The zero-order chi connectivity index (χ0) is 34.4. The highest BCUT2D eigenvalue weighted by Crippen LogP contribution is 2.33. The van der Waals surface area contributed by atoms with Crippen LogP contribution in [-0.2, 0) is 20.7 Å². The molecule has 14 nitrogen and oxygen atoms in total. The van der Waals surface area contributed by atoms with Gasteiger partial charge in [-0.15, -0.1) is 5.10 Å². The van der Waals surface area contributed by atoms with E-state index in [4.69, 9.17) is 16.2 Å². The number of primary amides is 1. The molecule has 0 unspecified atom stereocenters. The average Bonchev–Trinajstić information content (AvgIpc) is 3.59. The molecule has 1 aliphatic carbocycles. The summed E-state index contributed by atoms with van der Waals surface area (Å²) in [6.07, 6.45) is 4.15. The maximum atomic E-state index is 14.3. The third kappa shape index (κ3) is 8.49. The van der Waals surface area contributed by atoms with Crippen LogP contribution in [-0.4, -0.2) is 66.7 Å². The Morgan fingerprint density at radius 1 is 1.02 bits per heavy atom. The number of nitrogens with two attached hydrogens (primary N) is 2. The molecule has 14 heteroatoms. The summed E-state index contributed by atoms with van der Waals surface area (Å²) < 4.78 is 5.36. The summed E-state index contributed by atoms with van der Waals surface area (Å²) in [5.74, 6) is -0.208. The van der Waals surface area contributed by atoms with Crippen LogP contribution >= 0.6 is 0 Å². The van der Waals surface area contributed by atoms with Gasteiger partial charge in [0.05, 0.1) is 5.69 Å². The van der Waals surface area contributed by atoms with Crippen LogP contribution in [0.3, 0.4) is 0 Å². The highest BCUT2D eigenvalue weighted by atomic mass is 16.6. The van der Waals surface area contributed by atoms with Gasteiger partial charge in [-0.2, -0.15) is 0 Å². The van der Waals surface area contributed by atoms with Crippen LogP contribution in [0.1, 0.15) is 57.7 Å². The number of hydrogen-bond donors (Lipinski definition) is 4. The number of carbonyl (C=O) groups excluding carboxylic acids is 3. The van der Waals surface area contributed by atoms with Crippen LogP contribution in [0, 0.1) is 18.8 Å². The number of hydrogen-bond acceptors (Lipinski definition) is 10. The van der Waals surface area contributed by atoms with E-state index in [1.54, 1.807) is 35.4 Å². The van der Waals surface area contributed by atoms with Crippen molar-refractivity contribution in [1.82, 2.24) is 35.9 Å². The molecule has 0 saturated heterocycles. The summed E-state index contributed by atoms with van der Waals surface area (Å²) in [7, 11) is 0. The van der Waals surface area contributed by atoms with Crippen molar-refractivity contribution in [3.05, 3.63) is 66.0 Å². The molecule has 2 aromatic heterocycles. The monoisotopic (exact) mass is 654 g/mol. The van der Waals surface area contributed by atoms with Crippen molar-refractivity contribution in [2.45, 2.75) is 71.4 Å². The molecule has 2 heterocycles. The van der Waals surface area contributed by atoms with E-state index in [9.17, 15) is 14.4 Å². The number of benzene rings is 2. The van der Waals surface area contributed by atoms with Crippen LogP contribution in [0.4, 0.5) is 16.4 Å². The number of alkyl carbamates (subject to hydrolysis) is 1. The van der Waals surface area contributed by atoms with E-state index < -0.39 is 23.6 Å². The lowest BCUT2D eigenvalue weighted by atomic mass is 9.81. The van der Waals surface area contributed by atoms with Crippen LogP contribution in [0.2, 0.25) is 0 Å². The molecule has 252 valence electrons. The first-order chi connectivity index (χ1) is 22.9. The number of rotatable bonds is 10. The van der Waals surface area contributed by atoms with Crippen molar-refractivity contribution in [2.24, 2.45) is 17.6 Å². The molecule has 3 amide bonds. The Kier molecular flexibility index (Phi) is 10.3. The Labute approximate surface area is 279 Å². The second-order valence-electron chi connectivity index (χ2n) is 13.2. The van der Waals surface area contributed by atoms with Crippen LogP contribution < -0.4 is 21.7 Å². The minimum Gasteiger partial charge on any atom is -0.444 e. The molecule has 5 rings (SSSR count). The van der Waals surface area contributed by atoms with Crippen molar-refractivity contribution < 1.29 is 19.1 Å². The van der Waals surface area contributed by atoms with E-state index >= 15 is 0 Å². The van der Waals surface area contributed by atoms with Gasteiger partial charge in [0.15, 0.2) is 5.82 Å². The minimum atomic E-state index is -0.950. The van der Waals surface area contributed by atoms with Gasteiger partial charge in [0.1, 0.15) is 11.6 Å². The fourth-order valence-electron chi connectivity index (χ4n) is 6.01. The fraction of sp³-hybridized carbons (Fsp3) is 0.412. The fourth-order valence-corrected chi connectivity index (χ4v) is 6.01. The Hall–Kier alpha value is -5.40. The number of nitrogens with zero attached hydrogens (tertiary/aromatic N) is 6. The highest BCUT2D eigenvalue weighted by Gasteiger charge is 2.36. The largest absolute Gasteiger partial charge is 0.444 e. The van der Waals surface area contributed by atoms with E-state index in [0.29, 0.717) is 30.9 Å². The molecular formula is C34H42N10O4. The molecule has 1 saturated carbocycles. The van der Waals surface area contributed by atoms with Crippen molar-refractivity contribution >= 4 is 29.5 Å². The molecule has 4 aromatic rings. The Morgan fingerprint density at radius 2 is 1.69 bits per heavy atom. The van der Waals surface area contributed by atoms with E-state index in [1.165, 1.54) is 0 Å². The summed E-state index contributed by atoms with van der Waals surface area (Å²) >= 11 is 0. The van der Waals surface area contributed by atoms with E-state index in [-0.39, 0.29) is 30.1 Å². The number of amides is 3. The second-order valence-corrected chi connectivity index (χ2v) is 13.2. The van der Waals surface area contributed by atoms with Gasteiger partial charge in [0, 0.05) is 41.9 Å². The van der Waals surface area contributed by atoms with Gasteiger partial charge in [0.2, 0.25) is 17.8 Å². The Bertz CT molecular complexity index is 1710. The molecule has 2 aromatic carbocycles. The van der Waals surface area contributed by atoms with Crippen LogP contribution in [0.5, 0.6) is 0 Å². The number of nitrogens with one attached hydrogen (secondary N) is 2. The number of tetrazole rings is 1. The number of carbonyl (C=O) groups is 3. The maximum Gasteiger partial charge on any atom is 0.407 e. The summed E-state index contributed by atoms with van der Waals surface area (Å²) in [6.45, 7) is 7.80. The maximum absolute atomic E-state index is 14.3. The first-order valence-electron chi connectivity index (χ1n) is 16.0. The van der Waals surface area contributed by atoms with E-state index in [2.05, 4.69) is 35.9 Å². The number of nitrogen functional groups attached to an aromatic ring is 1. The minimum absolute atomic E-state index is 0.169. The zero-order valence-electron chi connectivity index (χ0n) is 27.6. The zero-order valence-corrected chi connectivity index (χ0v) is 27.6. The molecule has 0 radical (unpaired) electrons. The molecule has 1 fully saturated rings. The number of anilines is 2. The molecular weight excluding hydrogens is 612 g/mol. The van der Waals surface area contributed by atoms with Crippen molar-refractivity contribution in [3.8, 4) is 22.5 Å². The predicted octanol–water partition coefficient (Wildman–Crippen LogP) is 3.98. The number of aryl methyl sites for hydroxylation is 1. The SMILES string of the molecule is Cc1nc(N)ncc1-c1ccc(C[C@@H](C(N)=O)N(c2ccc(-c3nnn[nH]3)cc2)C(=O)[C@H]2CC[C@H](CNC(=O)OC(C)(C)C)CC2)cc1. The molecule has 0 aliphatic heterocycles. The summed E-state index contributed by atoms with van der Waals surface area (Å²) in [5, 5.41) is 16.8. The normalized spacial score (nSPS) is 16.9. The summed E-state index contributed by atoms with van der Waals surface area (Å²) in [6, 6.07) is 13.8. The number of aromatic nitrogens is 6. The predicted molar refractivity (Wildman–Crippen MR) is 180 cm³/mol. The Balaban J connectivity index is 1.35. The van der Waals surface area contributed by atoms with E-state index in [0.717, 1.165) is 40.8 Å². The Morgan fingerprint density at radius 3 is 2.27 bits per heavy atom. The van der Waals surface area contributed by atoms with Crippen molar-refractivity contribution in [1.29, 1.82) is 0 Å². The van der Waals surface area contributed by atoms with Gasteiger partial charge in [-0.3, -0.25) is 14.5 Å². The van der Waals surface area contributed by atoms with Gasteiger partial charge < -0.3 is 21.5 Å². The van der Waals surface area contributed by atoms with Gasteiger partial charge in [0.25, 0.3) is 0 Å². The van der Waals surface area contributed by atoms with Crippen LogP contribution in [0.15, 0.2) is 54.7 Å². The van der Waals surface area contributed by atoms with Crippen molar-refractivity contribution in [3.63, 3.8) is 0 Å². The molecule has 6 N–H and O–H groups in total. The lowest BCUT2D eigenvalue weighted by Gasteiger charge is -2.36. The van der Waals surface area contributed by atoms with Crippen molar-refractivity contribution in [2.75, 3.05) is 17.2 Å². The van der Waals surface area contributed by atoms with Gasteiger partial charge in [-0.05, 0) is 105 Å². The van der Waals surface area contributed by atoms with Gasteiger partial charge in [-0.25, -0.2) is 19.9 Å². The molecule has 1 aliphatic rings. The second kappa shape index (κ2) is 14.6. The quantitative estimate of drug-likeness (QED) is 0.193. The summed E-state index contributed by atoms with van der Waals surface area (Å²) in [4.78, 5) is 49.6. The first kappa shape index (κ1) is 33.9. The topological polar surface area (TPSA) is 208 Å². The first-order valence-corrected chi connectivity index (χ1v) is 16.0. The molecule has 0 spiro atoms. The number of ether oxygens (including phenoxy) is 1. The highest BCUT2D eigenvalue weighted by molar-refractivity contribution is 6.01. The number of H-pyrrole nitrogens is 1. The van der Waals surface area contributed by atoms with E-state index in [1.807, 2.05) is 52.0 Å². The number of aromatic amines is 1. The smallest absolute Gasteiger partial charge is 0.407 e.